The van der Waals surface area contributed by atoms with Gasteiger partial charge >= 0.3 is 12.0 Å². The summed E-state index contributed by atoms with van der Waals surface area (Å²) in [5.74, 6) is -1.09. The van der Waals surface area contributed by atoms with Gasteiger partial charge in [-0.15, -0.1) is 0 Å². The number of nitrogens with one attached hydrogen (secondary N) is 2. The number of amides is 4. The van der Waals surface area contributed by atoms with E-state index in [2.05, 4.69) is 10.6 Å². The quantitative estimate of drug-likeness (QED) is 0.460. The maximum atomic E-state index is 11.7. The van der Waals surface area contributed by atoms with Crippen molar-refractivity contribution in [2.75, 3.05) is 5.75 Å². The summed E-state index contributed by atoms with van der Waals surface area (Å²) in [6.07, 6.45) is 1.78. The van der Waals surface area contributed by atoms with Crippen molar-refractivity contribution in [3.05, 3.63) is 0 Å². The van der Waals surface area contributed by atoms with Crippen molar-refractivity contribution in [2.45, 2.75) is 55.5 Å². The van der Waals surface area contributed by atoms with Crippen molar-refractivity contribution >= 4 is 35.6 Å². The molecular weight excluding hydrogens is 322 g/mol. The van der Waals surface area contributed by atoms with Crippen LogP contribution in [-0.4, -0.2) is 62.9 Å². The van der Waals surface area contributed by atoms with Gasteiger partial charge in [-0.25, -0.2) is 9.59 Å². The van der Waals surface area contributed by atoms with Gasteiger partial charge in [0.1, 0.15) is 6.04 Å². The second-order valence-electron chi connectivity index (χ2n) is 6.06. The lowest BCUT2D eigenvalue weighted by Crippen LogP contribution is -2.44. The third-order valence-corrected chi connectivity index (χ3v) is 6.10. The molecule has 8 nitrogen and oxygen atoms in total. The summed E-state index contributed by atoms with van der Waals surface area (Å²) < 4.78 is 0. The molecule has 0 spiro atoms. The third-order valence-electron chi connectivity index (χ3n) is 4.59. The third kappa shape index (κ3) is 3.15. The summed E-state index contributed by atoms with van der Waals surface area (Å²) in [6, 6.07) is -1.02. The van der Waals surface area contributed by atoms with Crippen molar-refractivity contribution in [1.29, 1.82) is 0 Å². The Kier molecular flexibility index (Phi) is 4.47. The Morgan fingerprint density at radius 2 is 1.96 bits per heavy atom. The first-order chi connectivity index (χ1) is 11.0. The van der Waals surface area contributed by atoms with Crippen LogP contribution in [0.5, 0.6) is 0 Å². The molecule has 0 aromatic heterocycles. The van der Waals surface area contributed by atoms with E-state index in [0.717, 1.165) is 17.1 Å². The van der Waals surface area contributed by atoms with Crippen molar-refractivity contribution in [2.24, 2.45) is 0 Å². The largest absolute Gasteiger partial charge is 0.480 e. The first-order valence-electron chi connectivity index (χ1n) is 7.73. The number of thioether (sulfide) groups is 1. The van der Waals surface area contributed by atoms with Crippen LogP contribution in [0.25, 0.3) is 0 Å². The van der Waals surface area contributed by atoms with E-state index < -0.39 is 23.8 Å². The average molecular weight is 341 g/mol. The van der Waals surface area contributed by atoms with E-state index in [0.29, 0.717) is 6.42 Å². The lowest BCUT2D eigenvalue weighted by molar-refractivity contribution is -0.154. The Balaban J connectivity index is 1.54. The van der Waals surface area contributed by atoms with Gasteiger partial charge < -0.3 is 15.7 Å². The molecule has 3 rings (SSSR count). The normalized spacial score (nSPS) is 31.0. The van der Waals surface area contributed by atoms with Gasteiger partial charge in [-0.2, -0.15) is 11.8 Å². The van der Waals surface area contributed by atoms with Gasteiger partial charge in [0.15, 0.2) is 0 Å². The molecule has 0 aromatic carbocycles. The number of nitrogens with zero attached hydrogens (tertiary/aromatic N) is 1. The molecule has 0 saturated carbocycles. The maximum absolute atomic E-state index is 11.7. The number of fused-ring (bicyclic) bond motifs is 1. The molecule has 9 heteroatoms. The molecule has 0 aromatic rings. The number of aliphatic carboxylic acids is 1. The number of carbonyl (C=O) groups excluding carboxylic acids is 3. The molecule has 4 amide bonds. The lowest BCUT2D eigenvalue weighted by Gasteiger charge is -2.23. The Bertz CT molecular complexity index is 539. The van der Waals surface area contributed by atoms with Crippen LogP contribution in [-0.2, 0) is 14.4 Å². The zero-order chi connectivity index (χ0) is 16.6. The molecule has 23 heavy (non-hydrogen) atoms. The number of likely N-dealkylation sites (tertiary alicyclic amines) is 1. The molecule has 3 aliphatic heterocycles. The van der Waals surface area contributed by atoms with Crippen molar-refractivity contribution in [3.63, 3.8) is 0 Å². The lowest BCUT2D eigenvalue weighted by atomic mass is 10.0. The summed E-state index contributed by atoms with van der Waals surface area (Å²) >= 11 is 1.76. The number of hydrogen-bond acceptors (Lipinski definition) is 5. The first-order valence-corrected chi connectivity index (χ1v) is 8.78. The standard InChI is InChI=1S/C14H19N3O5S/c18-10-4-5-11(19)17(10)8(13(20)21)2-1-3-9-12-7(6-23-9)15-14(22)16-12/h7-9,12H,1-6H2,(H,20,21)(H2,15,16,22)/t7-,8?,9-,12-/m0/s1. The van der Waals surface area contributed by atoms with Gasteiger partial charge in [-0.3, -0.25) is 14.5 Å². The zero-order valence-corrected chi connectivity index (χ0v) is 13.3. The number of urea groups is 1. The highest BCUT2D eigenvalue weighted by atomic mass is 32.2. The Morgan fingerprint density at radius 1 is 1.26 bits per heavy atom. The molecule has 3 N–H and O–H groups in total. The van der Waals surface area contributed by atoms with E-state index >= 15 is 0 Å². The van der Waals surface area contributed by atoms with Gasteiger partial charge in [0.2, 0.25) is 11.8 Å². The smallest absolute Gasteiger partial charge is 0.326 e. The molecule has 4 atom stereocenters. The SMILES string of the molecule is O=C1N[C@H]2[C@H](CS[C@H]2CCCC(C(=O)O)N2C(=O)CCC2=O)N1. The van der Waals surface area contributed by atoms with E-state index in [1.165, 1.54) is 0 Å². The minimum absolute atomic E-state index is 0.0748. The van der Waals surface area contributed by atoms with Crippen LogP contribution in [0, 0.1) is 0 Å². The number of imide groups is 1. The maximum Gasteiger partial charge on any atom is 0.326 e. The van der Waals surface area contributed by atoms with Crippen LogP contribution < -0.4 is 10.6 Å². The number of hydrogen-bond donors (Lipinski definition) is 3. The number of rotatable bonds is 6. The minimum Gasteiger partial charge on any atom is -0.480 e. The fraction of sp³-hybridized carbons (Fsp3) is 0.714. The minimum atomic E-state index is -1.14. The van der Waals surface area contributed by atoms with Crippen LogP contribution in [0.15, 0.2) is 0 Å². The Morgan fingerprint density at radius 3 is 2.61 bits per heavy atom. The van der Waals surface area contributed by atoms with Crippen molar-refractivity contribution in [1.82, 2.24) is 15.5 Å². The summed E-state index contributed by atoms with van der Waals surface area (Å²) in [6.45, 7) is 0. The fourth-order valence-electron chi connectivity index (χ4n) is 3.46. The molecule has 3 heterocycles. The van der Waals surface area contributed by atoms with Crippen LogP contribution in [0.4, 0.5) is 4.79 Å². The van der Waals surface area contributed by atoms with Crippen LogP contribution in [0.2, 0.25) is 0 Å². The molecule has 0 bridgehead atoms. The van der Waals surface area contributed by atoms with Crippen molar-refractivity contribution in [3.8, 4) is 0 Å². The molecule has 0 radical (unpaired) electrons. The predicted octanol–water partition coefficient (Wildman–Crippen LogP) is -0.0757. The molecule has 3 saturated heterocycles. The van der Waals surface area contributed by atoms with Gasteiger partial charge in [0.25, 0.3) is 0 Å². The predicted molar refractivity (Wildman–Crippen MR) is 81.9 cm³/mol. The zero-order valence-electron chi connectivity index (χ0n) is 12.5. The number of carbonyl (C=O) groups is 4. The number of carboxylic acid groups (broad SMARTS) is 1. The molecule has 3 aliphatic rings. The van der Waals surface area contributed by atoms with E-state index in [9.17, 15) is 24.3 Å². The van der Waals surface area contributed by atoms with E-state index in [-0.39, 0.29) is 42.6 Å². The summed E-state index contributed by atoms with van der Waals surface area (Å²) in [4.78, 5) is 47.1. The van der Waals surface area contributed by atoms with E-state index in [4.69, 9.17) is 0 Å². The molecule has 3 fully saturated rings. The van der Waals surface area contributed by atoms with E-state index in [1.54, 1.807) is 11.8 Å². The van der Waals surface area contributed by atoms with Gasteiger partial charge in [-0.05, 0) is 19.3 Å². The summed E-state index contributed by atoms with van der Waals surface area (Å²) in [5.41, 5.74) is 0. The number of carboxylic acids is 1. The van der Waals surface area contributed by atoms with Crippen LogP contribution in [0.1, 0.15) is 32.1 Å². The topological polar surface area (TPSA) is 116 Å². The second kappa shape index (κ2) is 6.38. The Hall–Kier alpha value is -1.77. The average Bonchev–Trinajstić information content (AvgIpc) is 3.12. The van der Waals surface area contributed by atoms with Crippen LogP contribution >= 0.6 is 11.8 Å². The Labute approximate surface area is 137 Å². The van der Waals surface area contributed by atoms with Gasteiger partial charge in [0, 0.05) is 23.8 Å². The van der Waals surface area contributed by atoms with Crippen molar-refractivity contribution < 1.29 is 24.3 Å². The van der Waals surface area contributed by atoms with Gasteiger partial charge in [-0.1, -0.05) is 0 Å². The molecule has 1 unspecified atom stereocenters. The second-order valence-corrected chi connectivity index (χ2v) is 7.34. The molecule has 126 valence electrons. The monoisotopic (exact) mass is 341 g/mol. The highest BCUT2D eigenvalue weighted by molar-refractivity contribution is 8.00. The molecule has 0 aliphatic carbocycles. The fourth-order valence-corrected chi connectivity index (χ4v) is 5.00. The van der Waals surface area contributed by atoms with Crippen LogP contribution in [0.3, 0.4) is 0 Å². The van der Waals surface area contributed by atoms with E-state index in [1.807, 2.05) is 0 Å². The highest BCUT2D eigenvalue weighted by Crippen LogP contribution is 2.33. The van der Waals surface area contributed by atoms with Gasteiger partial charge in [0.05, 0.1) is 12.1 Å². The summed E-state index contributed by atoms with van der Waals surface area (Å²) in [5, 5.41) is 15.3. The first kappa shape index (κ1) is 16.1. The molecular formula is C14H19N3O5S. The highest BCUT2D eigenvalue weighted by Gasteiger charge is 2.43. The summed E-state index contributed by atoms with van der Waals surface area (Å²) in [7, 11) is 0.